The minimum absolute atomic E-state index is 0.257. The molecule has 0 bridgehead atoms. The Hall–Kier alpha value is -0.900. The molecule has 0 aliphatic carbocycles. The van der Waals surface area contributed by atoms with Crippen LogP contribution in [0.2, 0.25) is 0 Å². The molecule has 0 fully saturated rings. The molecule has 1 aliphatic rings. The minimum Gasteiger partial charge on any atom is -0.390 e. The molecule has 1 aliphatic heterocycles. The predicted molar refractivity (Wildman–Crippen MR) is 79.5 cm³/mol. The molecule has 1 aromatic carbocycles. The highest BCUT2D eigenvalue weighted by molar-refractivity contribution is 5.28. The van der Waals surface area contributed by atoms with Gasteiger partial charge in [0.25, 0.3) is 0 Å². The SMILES string of the molecule is CCCNCC(O)CN1CCc2ccccc2CC1. The number of fused-ring (bicyclic) bond motifs is 1. The monoisotopic (exact) mass is 262 g/mol. The number of hydrogen-bond donors (Lipinski definition) is 2. The number of nitrogens with one attached hydrogen (secondary N) is 1. The normalized spacial score (nSPS) is 17.8. The Balaban J connectivity index is 1.78. The summed E-state index contributed by atoms with van der Waals surface area (Å²) in [4.78, 5) is 2.39. The smallest absolute Gasteiger partial charge is 0.0791 e. The van der Waals surface area contributed by atoms with E-state index in [1.54, 1.807) is 0 Å². The van der Waals surface area contributed by atoms with Crippen LogP contribution in [-0.4, -0.2) is 48.8 Å². The van der Waals surface area contributed by atoms with Gasteiger partial charge in [0.2, 0.25) is 0 Å². The zero-order chi connectivity index (χ0) is 13.5. The molecular weight excluding hydrogens is 236 g/mol. The largest absolute Gasteiger partial charge is 0.390 e. The van der Waals surface area contributed by atoms with E-state index in [0.29, 0.717) is 6.54 Å². The van der Waals surface area contributed by atoms with Gasteiger partial charge in [-0.2, -0.15) is 0 Å². The Labute approximate surface area is 116 Å². The zero-order valence-corrected chi connectivity index (χ0v) is 11.9. The maximum Gasteiger partial charge on any atom is 0.0791 e. The first-order valence-corrected chi connectivity index (χ1v) is 7.47. The molecule has 0 radical (unpaired) electrons. The first kappa shape index (κ1) is 14.5. The zero-order valence-electron chi connectivity index (χ0n) is 11.9. The molecule has 0 aromatic heterocycles. The highest BCUT2D eigenvalue weighted by Crippen LogP contribution is 2.15. The molecule has 2 rings (SSSR count). The molecule has 0 amide bonds. The van der Waals surface area contributed by atoms with Crippen molar-refractivity contribution in [2.24, 2.45) is 0 Å². The van der Waals surface area contributed by atoms with E-state index in [1.807, 2.05) is 0 Å². The molecule has 3 nitrogen and oxygen atoms in total. The minimum atomic E-state index is -0.257. The maximum absolute atomic E-state index is 10.0. The van der Waals surface area contributed by atoms with E-state index in [9.17, 15) is 5.11 Å². The van der Waals surface area contributed by atoms with Gasteiger partial charge in [-0.25, -0.2) is 0 Å². The lowest BCUT2D eigenvalue weighted by Gasteiger charge is -2.23. The highest BCUT2D eigenvalue weighted by Gasteiger charge is 2.16. The fourth-order valence-electron chi connectivity index (χ4n) is 2.70. The van der Waals surface area contributed by atoms with Gasteiger partial charge in [0, 0.05) is 26.2 Å². The number of rotatable bonds is 6. The lowest BCUT2D eigenvalue weighted by atomic mass is 10.0. The van der Waals surface area contributed by atoms with Gasteiger partial charge in [-0.05, 0) is 36.9 Å². The van der Waals surface area contributed by atoms with E-state index in [1.165, 1.54) is 11.1 Å². The number of aliphatic hydroxyl groups excluding tert-OH is 1. The van der Waals surface area contributed by atoms with Crippen LogP contribution in [0.15, 0.2) is 24.3 Å². The molecule has 0 saturated heterocycles. The molecule has 0 saturated carbocycles. The van der Waals surface area contributed by atoms with Crippen molar-refractivity contribution < 1.29 is 5.11 Å². The topological polar surface area (TPSA) is 35.5 Å². The van der Waals surface area contributed by atoms with Crippen LogP contribution in [-0.2, 0) is 12.8 Å². The first-order valence-electron chi connectivity index (χ1n) is 7.47. The Morgan fingerprint density at radius 2 is 1.84 bits per heavy atom. The van der Waals surface area contributed by atoms with E-state index < -0.39 is 0 Å². The fourth-order valence-corrected chi connectivity index (χ4v) is 2.70. The summed E-state index contributed by atoms with van der Waals surface area (Å²) in [5.41, 5.74) is 2.95. The molecule has 2 N–H and O–H groups in total. The quantitative estimate of drug-likeness (QED) is 0.762. The van der Waals surface area contributed by atoms with Crippen molar-refractivity contribution >= 4 is 0 Å². The number of hydrogen-bond acceptors (Lipinski definition) is 3. The van der Waals surface area contributed by atoms with Crippen LogP contribution in [0.25, 0.3) is 0 Å². The van der Waals surface area contributed by atoms with Crippen molar-refractivity contribution in [1.82, 2.24) is 10.2 Å². The van der Waals surface area contributed by atoms with Crippen molar-refractivity contribution in [1.29, 1.82) is 0 Å². The van der Waals surface area contributed by atoms with E-state index >= 15 is 0 Å². The van der Waals surface area contributed by atoms with E-state index in [4.69, 9.17) is 0 Å². The molecule has 1 unspecified atom stereocenters. The Bertz CT molecular complexity index is 354. The van der Waals surface area contributed by atoms with Crippen molar-refractivity contribution in [3.63, 3.8) is 0 Å². The second-order valence-corrected chi connectivity index (χ2v) is 5.43. The van der Waals surface area contributed by atoms with Gasteiger partial charge >= 0.3 is 0 Å². The summed E-state index contributed by atoms with van der Waals surface area (Å²) < 4.78 is 0. The van der Waals surface area contributed by atoms with Gasteiger partial charge in [-0.15, -0.1) is 0 Å². The van der Waals surface area contributed by atoms with Crippen LogP contribution < -0.4 is 5.32 Å². The van der Waals surface area contributed by atoms with Crippen LogP contribution in [0.1, 0.15) is 24.5 Å². The average Bonchev–Trinajstić information content (AvgIpc) is 2.62. The van der Waals surface area contributed by atoms with Crippen molar-refractivity contribution in [3.8, 4) is 0 Å². The highest BCUT2D eigenvalue weighted by atomic mass is 16.3. The fraction of sp³-hybridized carbons (Fsp3) is 0.625. The van der Waals surface area contributed by atoms with Crippen LogP contribution in [0, 0.1) is 0 Å². The molecule has 106 valence electrons. The summed E-state index contributed by atoms with van der Waals surface area (Å²) >= 11 is 0. The molecule has 1 aromatic rings. The lowest BCUT2D eigenvalue weighted by molar-refractivity contribution is 0.114. The second kappa shape index (κ2) is 7.63. The summed E-state index contributed by atoms with van der Waals surface area (Å²) in [5, 5.41) is 13.3. The van der Waals surface area contributed by atoms with Crippen molar-refractivity contribution in [2.45, 2.75) is 32.3 Å². The van der Waals surface area contributed by atoms with Gasteiger partial charge in [0.15, 0.2) is 0 Å². The molecular formula is C16H26N2O. The Morgan fingerprint density at radius 1 is 1.21 bits per heavy atom. The first-order chi connectivity index (χ1) is 9.29. The third kappa shape index (κ3) is 4.60. The average molecular weight is 262 g/mol. The molecule has 0 spiro atoms. The molecule has 19 heavy (non-hydrogen) atoms. The summed E-state index contributed by atoms with van der Waals surface area (Å²) in [6.07, 6.45) is 3.07. The van der Waals surface area contributed by atoms with Gasteiger partial charge in [0.05, 0.1) is 6.10 Å². The Kier molecular flexibility index (Phi) is 5.83. The summed E-state index contributed by atoms with van der Waals surface area (Å²) in [6.45, 7) is 6.74. The van der Waals surface area contributed by atoms with Gasteiger partial charge in [-0.1, -0.05) is 31.2 Å². The summed E-state index contributed by atoms with van der Waals surface area (Å²) in [6, 6.07) is 8.71. The number of benzene rings is 1. The van der Waals surface area contributed by atoms with Crippen LogP contribution in [0.5, 0.6) is 0 Å². The number of nitrogens with zero attached hydrogens (tertiary/aromatic N) is 1. The van der Waals surface area contributed by atoms with Gasteiger partial charge in [0.1, 0.15) is 0 Å². The van der Waals surface area contributed by atoms with Gasteiger partial charge < -0.3 is 15.3 Å². The Morgan fingerprint density at radius 3 is 2.42 bits per heavy atom. The van der Waals surface area contributed by atoms with E-state index in [2.05, 4.69) is 41.4 Å². The van der Waals surface area contributed by atoms with Crippen LogP contribution in [0.3, 0.4) is 0 Å². The standard InChI is InChI=1S/C16H26N2O/c1-2-9-17-12-16(19)13-18-10-7-14-5-3-4-6-15(14)8-11-18/h3-6,16-17,19H,2,7-13H2,1H3. The van der Waals surface area contributed by atoms with Crippen molar-refractivity contribution in [2.75, 3.05) is 32.7 Å². The van der Waals surface area contributed by atoms with Gasteiger partial charge in [-0.3, -0.25) is 0 Å². The second-order valence-electron chi connectivity index (χ2n) is 5.43. The summed E-state index contributed by atoms with van der Waals surface area (Å²) in [5.74, 6) is 0. The third-order valence-electron chi connectivity index (χ3n) is 3.79. The molecule has 1 heterocycles. The molecule has 1 atom stereocenters. The van der Waals surface area contributed by atoms with E-state index in [0.717, 1.165) is 45.4 Å². The van der Waals surface area contributed by atoms with Crippen LogP contribution in [0.4, 0.5) is 0 Å². The number of β-amino-alcohol motifs (C(OH)–C–C–N with tert-alkyl or cyclic N) is 1. The number of aliphatic hydroxyl groups is 1. The predicted octanol–water partition coefficient (Wildman–Crippen LogP) is 1.45. The third-order valence-corrected chi connectivity index (χ3v) is 3.79. The van der Waals surface area contributed by atoms with Crippen LogP contribution >= 0.6 is 0 Å². The van der Waals surface area contributed by atoms with Crippen molar-refractivity contribution in [3.05, 3.63) is 35.4 Å². The maximum atomic E-state index is 10.0. The lowest BCUT2D eigenvalue weighted by Crippen LogP contribution is -2.39. The molecule has 3 heteroatoms. The summed E-state index contributed by atoms with van der Waals surface area (Å²) in [7, 11) is 0. The van der Waals surface area contributed by atoms with E-state index in [-0.39, 0.29) is 6.10 Å².